The zero-order chi connectivity index (χ0) is 14.7. The molecule has 0 aliphatic carbocycles. The maximum atomic E-state index is 11.9. The smallest absolute Gasteiger partial charge is 0.248 e. The molecule has 1 aromatic carbocycles. The molecule has 0 fully saturated rings. The van der Waals surface area contributed by atoms with Crippen molar-refractivity contribution in [3.63, 3.8) is 0 Å². The molecule has 0 bridgehead atoms. The number of carbonyl (C=O) groups is 2. The van der Waals surface area contributed by atoms with Gasteiger partial charge in [0.05, 0.1) is 9.90 Å². The van der Waals surface area contributed by atoms with Crippen LogP contribution in [-0.4, -0.2) is 18.3 Å². The molecule has 0 radical (unpaired) electrons. The molecule has 2 rings (SSSR count). The Morgan fingerprint density at radius 3 is 2.35 bits per heavy atom. The molecule has 4 nitrogen and oxygen atoms in total. The molecule has 2 aromatic rings. The number of thiophene rings is 1. The van der Waals surface area contributed by atoms with Crippen LogP contribution in [0.5, 0.6) is 5.75 Å². The maximum Gasteiger partial charge on any atom is 0.248 e. The van der Waals surface area contributed by atoms with Gasteiger partial charge in [-0.1, -0.05) is 23.2 Å². The molecule has 0 aliphatic heterocycles. The van der Waals surface area contributed by atoms with Crippen LogP contribution in [0.2, 0.25) is 8.67 Å². The molecule has 0 atom stereocenters. The second kappa shape index (κ2) is 6.26. The molecule has 7 heteroatoms. The summed E-state index contributed by atoms with van der Waals surface area (Å²) in [5.41, 5.74) is 5.84. The number of ether oxygens (including phenoxy) is 1. The van der Waals surface area contributed by atoms with E-state index in [0.717, 1.165) is 11.3 Å². The Morgan fingerprint density at radius 1 is 1.20 bits per heavy atom. The van der Waals surface area contributed by atoms with Gasteiger partial charge in [-0.2, -0.15) is 0 Å². The summed E-state index contributed by atoms with van der Waals surface area (Å²) >= 11 is 12.8. The predicted molar refractivity (Wildman–Crippen MR) is 79.1 cm³/mol. The van der Waals surface area contributed by atoms with Gasteiger partial charge < -0.3 is 10.5 Å². The van der Waals surface area contributed by atoms with E-state index in [1.165, 1.54) is 18.2 Å². The van der Waals surface area contributed by atoms with Gasteiger partial charge in [0.15, 0.2) is 6.61 Å². The standard InChI is InChI=1S/C13H9Cl2NO3S/c14-11-5-9(12(15)20-11)10(17)6-19-8-3-1-7(2-4-8)13(16)18/h1-5H,6H2,(H2,16,18). The lowest BCUT2D eigenvalue weighted by Gasteiger charge is -2.05. The van der Waals surface area contributed by atoms with Crippen molar-refractivity contribution < 1.29 is 14.3 Å². The quantitative estimate of drug-likeness (QED) is 0.854. The van der Waals surface area contributed by atoms with Gasteiger partial charge in [0.2, 0.25) is 11.7 Å². The molecule has 0 saturated carbocycles. The summed E-state index contributed by atoms with van der Waals surface area (Å²) in [5.74, 6) is -0.328. The summed E-state index contributed by atoms with van der Waals surface area (Å²) in [6.07, 6.45) is 0. The van der Waals surface area contributed by atoms with Gasteiger partial charge in [-0.3, -0.25) is 9.59 Å². The minimum absolute atomic E-state index is 0.164. The van der Waals surface area contributed by atoms with Crippen LogP contribution in [0.4, 0.5) is 0 Å². The molecular formula is C13H9Cl2NO3S. The van der Waals surface area contributed by atoms with Gasteiger partial charge in [-0.25, -0.2) is 0 Å². The SMILES string of the molecule is NC(=O)c1ccc(OCC(=O)c2cc(Cl)sc2Cl)cc1. The lowest BCUT2D eigenvalue weighted by molar-refractivity contribution is 0.0921. The molecule has 1 heterocycles. The zero-order valence-corrected chi connectivity index (χ0v) is 12.4. The first-order valence-electron chi connectivity index (χ1n) is 5.48. The molecule has 2 N–H and O–H groups in total. The Bertz CT molecular complexity index is 652. The summed E-state index contributed by atoms with van der Waals surface area (Å²) in [7, 11) is 0. The van der Waals surface area contributed by atoms with Crippen LogP contribution in [0.3, 0.4) is 0 Å². The Hall–Kier alpha value is -1.56. The van der Waals surface area contributed by atoms with Crippen LogP contribution in [0.1, 0.15) is 20.7 Å². The topological polar surface area (TPSA) is 69.4 Å². The summed E-state index contributed by atoms with van der Waals surface area (Å²) in [6.45, 7) is -0.164. The van der Waals surface area contributed by atoms with Gasteiger partial charge in [0.1, 0.15) is 10.1 Å². The minimum Gasteiger partial charge on any atom is -0.485 e. The summed E-state index contributed by atoms with van der Waals surface area (Å²) < 4.78 is 6.11. The number of amides is 1. The molecule has 0 aliphatic rings. The number of hydrogen-bond acceptors (Lipinski definition) is 4. The van der Waals surface area contributed by atoms with E-state index in [9.17, 15) is 9.59 Å². The van der Waals surface area contributed by atoms with E-state index in [4.69, 9.17) is 33.7 Å². The van der Waals surface area contributed by atoms with Crippen molar-refractivity contribution in [2.75, 3.05) is 6.61 Å². The fraction of sp³-hybridized carbons (Fsp3) is 0.0769. The summed E-state index contributed by atoms with van der Waals surface area (Å²) in [6, 6.07) is 7.69. The number of halogens is 2. The number of hydrogen-bond donors (Lipinski definition) is 1. The van der Waals surface area contributed by atoms with Crippen LogP contribution in [-0.2, 0) is 0 Å². The van der Waals surface area contributed by atoms with Crippen molar-refractivity contribution in [1.82, 2.24) is 0 Å². The largest absolute Gasteiger partial charge is 0.485 e. The van der Waals surface area contributed by atoms with Gasteiger partial charge in [-0.15, -0.1) is 11.3 Å². The molecule has 0 spiro atoms. The highest BCUT2D eigenvalue weighted by Gasteiger charge is 2.14. The van der Waals surface area contributed by atoms with Gasteiger partial charge in [0.25, 0.3) is 0 Å². The molecule has 104 valence electrons. The third-order valence-corrected chi connectivity index (χ3v) is 3.95. The summed E-state index contributed by atoms with van der Waals surface area (Å²) in [4.78, 5) is 22.8. The predicted octanol–water partition coefficient (Wildman–Crippen LogP) is 3.42. The highest BCUT2D eigenvalue weighted by Crippen LogP contribution is 2.31. The summed E-state index contributed by atoms with van der Waals surface area (Å²) in [5, 5.41) is 0. The number of rotatable bonds is 5. The zero-order valence-electron chi connectivity index (χ0n) is 10.1. The highest BCUT2D eigenvalue weighted by atomic mass is 35.5. The molecule has 1 amide bonds. The van der Waals surface area contributed by atoms with E-state index < -0.39 is 5.91 Å². The van der Waals surface area contributed by atoms with Crippen molar-refractivity contribution in [3.05, 3.63) is 50.1 Å². The van der Waals surface area contributed by atoms with Crippen molar-refractivity contribution in [3.8, 4) is 5.75 Å². The van der Waals surface area contributed by atoms with Gasteiger partial charge in [0, 0.05) is 5.56 Å². The van der Waals surface area contributed by atoms with Crippen molar-refractivity contribution in [2.45, 2.75) is 0 Å². The van der Waals surface area contributed by atoms with Crippen LogP contribution >= 0.6 is 34.5 Å². The van der Waals surface area contributed by atoms with Crippen LogP contribution in [0.25, 0.3) is 0 Å². The number of ketones is 1. The fourth-order valence-electron chi connectivity index (χ4n) is 1.47. The van der Waals surface area contributed by atoms with Crippen molar-refractivity contribution in [1.29, 1.82) is 0 Å². The highest BCUT2D eigenvalue weighted by molar-refractivity contribution is 7.20. The number of Topliss-reactive ketones (excluding diaryl/α,β-unsaturated/α-hetero) is 1. The van der Waals surface area contributed by atoms with E-state index >= 15 is 0 Å². The average molecular weight is 330 g/mol. The first-order valence-corrected chi connectivity index (χ1v) is 7.05. The molecule has 0 saturated heterocycles. The van der Waals surface area contributed by atoms with E-state index in [1.54, 1.807) is 12.1 Å². The molecule has 20 heavy (non-hydrogen) atoms. The second-order valence-electron chi connectivity index (χ2n) is 3.84. The third kappa shape index (κ3) is 3.50. The molecular weight excluding hydrogens is 321 g/mol. The maximum absolute atomic E-state index is 11.9. The minimum atomic E-state index is -0.521. The Morgan fingerprint density at radius 2 is 1.85 bits per heavy atom. The lowest BCUT2D eigenvalue weighted by atomic mass is 10.2. The van der Waals surface area contributed by atoms with E-state index in [0.29, 0.717) is 25.5 Å². The fourth-order valence-corrected chi connectivity index (χ4v) is 2.97. The number of benzene rings is 1. The first-order chi connectivity index (χ1) is 9.47. The van der Waals surface area contributed by atoms with Gasteiger partial charge in [-0.05, 0) is 30.3 Å². The monoisotopic (exact) mass is 329 g/mol. The third-order valence-electron chi connectivity index (χ3n) is 2.47. The van der Waals surface area contributed by atoms with E-state index in [-0.39, 0.29) is 12.4 Å². The van der Waals surface area contributed by atoms with Crippen LogP contribution < -0.4 is 10.5 Å². The second-order valence-corrected chi connectivity index (χ2v) is 6.12. The van der Waals surface area contributed by atoms with Crippen molar-refractivity contribution >= 4 is 46.2 Å². The average Bonchev–Trinajstić information content (AvgIpc) is 2.75. The van der Waals surface area contributed by atoms with Crippen LogP contribution in [0, 0.1) is 0 Å². The number of primary amides is 1. The Labute approximate surface area is 129 Å². The molecule has 1 aromatic heterocycles. The lowest BCUT2D eigenvalue weighted by Crippen LogP contribution is -2.12. The van der Waals surface area contributed by atoms with Crippen LogP contribution in [0.15, 0.2) is 30.3 Å². The van der Waals surface area contributed by atoms with E-state index in [1.807, 2.05) is 0 Å². The Balaban J connectivity index is 2.00. The normalized spacial score (nSPS) is 10.3. The first kappa shape index (κ1) is 14.8. The number of nitrogens with two attached hydrogens (primary N) is 1. The Kier molecular flexibility index (Phi) is 4.65. The van der Waals surface area contributed by atoms with E-state index in [2.05, 4.69) is 0 Å². The number of carbonyl (C=O) groups excluding carboxylic acids is 2. The van der Waals surface area contributed by atoms with Crippen molar-refractivity contribution in [2.24, 2.45) is 5.73 Å². The molecule has 0 unspecified atom stereocenters. The van der Waals surface area contributed by atoms with Gasteiger partial charge >= 0.3 is 0 Å².